The third-order valence-electron chi connectivity index (χ3n) is 3.78. The maximum atomic E-state index is 3.49. The summed E-state index contributed by atoms with van der Waals surface area (Å²) < 4.78 is 0. The van der Waals surface area contributed by atoms with E-state index in [0.717, 1.165) is 13.1 Å². The molecule has 0 saturated carbocycles. The van der Waals surface area contributed by atoms with Crippen LogP contribution in [0.4, 0.5) is 0 Å². The van der Waals surface area contributed by atoms with Gasteiger partial charge in [-0.15, -0.1) is 0 Å². The molecule has 1 rings (SSSR count). The van der Waals surface area contributed by atoms with Crippen molar-refractivity contribution in [3.8, 4) is 0 Å². The SMILES string of the molecule is CCNCC(c1ccccc1)N(C)C(CC)CC. The zero-order valence-corrected chi connectivity index (χ0v) is 12.3. The molecule has 0 heterocycles. The monoisotopic (exact) mass is 248 g/mol. The average molecular weight is 248 g/mol. The summed E-state index contributed by atoms with van der Waals surface area (Å²) in [6, 6.07) is 12.0. The van der Waals surface area contributed by atoms with Crippen molar-refractivity contribution in [3.05, 3.63) is 35.9 Å². The fourth-order valence-corrected chi connectivity index (χ4v) is 2.57. The number of hydrogen-bond donors (Lipinski definition) is 1. The van der Waals surface area contributed by atoms with Crippen LogP contribution in [0.3, 0.4) is 0 Å². The van der Waals surface area contributed by atoms with Crippen LogP contribution in [0, 0.1) is 0 Å². The van der Waals surface area contributed by atoms with E-state index in [1.165, 1.54) is 18.4 Å². The number of nitrogens with zero attached hydrogens (tertiary/aromatic N) is 1. The van der Waals surface area contributed by atoms with Gasteiger partial charge in [0.1, 0.15) is 0 Å². The Hall–Kier alpha value is -0.860. The highest BCUT2D eigenvalue weighted by molar-refractivity contribution is 5.19. The average Bonchev–Trinajstić information content (AvgIpc) is 2.42. The van der Waals surface area contributed by atoms with Crippen molar-refractivity contribution in [1.29, 1.82) is 0 Å². The number of rotatable bonds is 8. The van der Waals surface area contributed by atoms with E-state index in [1.54, 1.807) is 0 Å². The minimum absolute atomic E-state index is 0.469. The number of nitrogens with one attached hydrogen (secondary N) is 1. The van der Waals surface area contributed by atoms with Crippen molar-refractivity contribution < 1.29 is 0 Å². The van der Waals surface area contributed by atoms with E-state index in [4.69, 9.17) is 0 Å². The largest absolute Gasteiger partial charge is 0.315 e. The predicted octanol–water partition coefficient (Wildman–Crippen LogP) is 3.46. The molecule has 0 bridgehead atoms. The lowest BCUT2D eigenvalue weighted by Crippen LogP contribution is -2.39. The highest BCUT2D eigenvalue weighted by Crippen LogP contribution is 2.23. The van der Waals surface area contributed by atoms with Crippen molar-refractivity contribution in [2.45, 2.75) is 45.7 Å². The second kappa shape index (κ2) is 8.28. The molecule has 0 saturated heterocycles. The van der Waals surface area contributed by atoms with Crippen LogP contribution in [0.15, 0.2) is 30.3 Å². The van der Waals surface area contributed by atoms with E-state index in [-0.39, 0.29) is 0 Å². The normalized spacial score (nSPS) is 13.2. The zero-order valence-electron chi connectivity index (χ0n) is 12.3. The van der Waals surface area contributed by atoms with E-state index in [9.17, 15) is 0 Å². The first-order chi connectivity index (χ1) is 8.74. The van der Waals surface area contributed by atoms with Crippen LogP contribution in [-0.4, -0.2) is 31.1 Å². The minimum atomic E-state index is 0.469. The molecule has 1 N–H and O–H groups in total. The molecule has 2 heteroatoms. The van der Waals surface area contributed by atoms with E-state index in [2.05, 4.69) is 68.4 Å². The predicted molar refractivity (Wildman–Crippen MR) is 79.9 cm³/mol. The van der Waals surface area contributed by atoms with E-state index in [0.29, 0.717) is 12.1 Å². The van der Waals surface area contributed by atoms with Gasteiger partial charge in [-0.2, -0.15) is 0 Å². The second-order valence-electron chi connectivity index (χ2n) is 4.87. The van der Waals surface area contributed by atoms with Gasteiger partial charge in [-0.1, -0.05) is 51.1 Å². The molecule has 2 nitrogen and oxygen atoms in total. The molecular weight excluding hydrogens is 220 g/mol. The van der Waals surface area contributed by atoms with Gasteiger partial charge < -0.3 is 5.32 Å². The standard InChI is InChI=1S/C16H28N2/c1-5-15(6-2)18(4)16(13-17-7-3)14-11-9-8-10-12-14/h8-12,15-17H,5-7,13H2,1-4H3. The molecule has 102 valence electrons. The van der Waals surface area contributed by atoms with Crippen LogP contribution < -0.4 is 5.32 Å². The highest BCUT2D eigenvalue weighted by Gasteiger charge is 2.21. The highest BCUT2D eigenvalue weighted by atomic mass is 15.2. The van der Waals surface area contributed by atoms with Gasteiger partial charge in [0, 0.05) is 18.6 Å². The molecule has 0 amide bonds. The Morgan fingerprint density at radius 2 is 1.67 bits per heavy atom. The van der Waals surface area contributed by atoms with E-state index < -0.39 is 0 Å². The lowest BCUT2D eigenvalue weighted by atomic mass is 10.0. The molecule has 0 spiro atoms. The summed E-state index contributed by atoms with van der Waals surface area (Å²) >= 11 is 0. The van der Waals surface area contributed by atoms with Crippen molar-refractivity contribution in [2.75, 3.05) is 20.1 Å². The Morgan fingerprint density at radius 3 is 2.17 bits per heavy atom. The molecule has 1 atom stereocenters. The summed E-state index contributed by atoms with van der Waals surface area (Å²) in [7, 11) is 2.26. The summed E-state index contributed by atoms with van der Waals surface area (Å²) in [4.78, 5) is 2.53. The summed E-state index contributed by atoms with van der Waals surface area (Å²) in [6.07, 6.45) is 2.42. The molecule has 1 unspecified atom stereocenters. The van der Waals surface area contributed by atoms with Crippen molar-refractivity contribution in [2.24, 2.45) is 0 Å². The Labute approximate surface area is 112 Å². The summed E-state index contributed by atoms with van der Waals surface area (Å²) in [5, 5.41) is 3.49. The molecule has 18 heavy (non-hydrogen) atoms. The molecular formula is C16H28N2. The summed E-state index contributed by atoms with van der Waals surface area (Å²) in [5.74, 6) is 0. The molecule has 0 aliphatic carbocycles. The van der Waals surface area contributed by atoms with Crippen molar-refractivity contribution >= 4 is 0 Å². The second-order valence-corrected chi connectivity index (χ2v) is 4.87. The summed E-state index contributed by atoms with van der Waals surface area (Å²) in [6.45, 7) is 8.77. The first-order valence-electron chi connectivity index (χ1n) is 7.22. The van der Waals surface area contributed by atoms with Crippen LogP contribution >= 0.6 is 0 Å². The van der Waals surface area contributed by atoms with Gasteiger partial charge in [0.15, 0.2) is 0 Å². The van der Waals surface area contributed by atoms with Gasteiger partial charge in [-0.05, 0) is 32.0 Å². The molecule has 0 aliphatic rings. The Morgan fingerprint density at radius 1 is 1.06 bits per heavy atom. The van der Waals surface area contributed by atoms with Gasteiger partial charge in [0.25, 0.3) is 0 Å². The smallest absolute Gasteiger partial charge is 0.0472 e. The number of likely N-dealkylation sites (N-methyl/N-ethyl adjacent to an activating group) is 2. The van der Waals surface area contributed by atoms with Crippen molar-refractivity contribution in [3.63, 3.8) is 0 Å². The third kappa shape index (κ3) is 4.11. The molecule has 1 aromatic rings. The van der Waals surface area contributed by atoms with Crippen LogP contribution in [0.5, 0.6) is 0 Å². The molecule has 0 aliphatic heterocycles. The van der Waals surface area contributed by atoms with Crippen LogP contribution in [-0.2, 0) is 0 Å². The lowest BCUT2D eigenvalue weighted by Gasteiger charge is -2.34. The van der Waals surface area contributed by atoms with Gasteiger partial charge >= 0.3 is 0 Å². The fraction of sp³-hybridized carbons (Fsp3) is 0.625. The maximum absolute atomic E-state index is 3.49. The lowest BCUT2D eigenvalue weighted by molar-refractivity contribution is 0.161. The van der Waals surface area contributed by atoms with Gasteiger partial charge in [0.05, 0.1) is 0 Å². The van der Waals surface area contributed by atoms with Crippen LogP contribution in [0.1, 0.15) is 45.2 Å². The maximum Gasteiger partial charge on any atom is 0.0472 e. The minimum Gasteiger partial charge on any atom is -0.315 e. The summed E-state index contributed by atoms with van der Waals surface area (Å²) in [5.41, 5.74) is 1.41. The Bertz CT molecular complexity index is 306. The quantitative estimate of drug-likeness (QED) is 0.758. The molecule has 0 aromatic heterocycles. The number of hydrogen-bond acceptors (Lipinski definition) is 2. The van der Waals surface area contributed by atoms with Crippen LogP contribution in [0.25, 0.3) is 0 Å². The van der Waals surface area contributed by atoms with Gasteiger partial charge in [-0.3, -0.25) is 4.90 Å². The third-order valence-corrected chi connectivity index (χ3v) is 3.78. The zero-order chi connectivity index (χ0) is 13.4. The molecule has 1 aromatic carbocycles. The number of benzene rings is 1. The first kappa shape index (κ1) is 15.2. The Kier molecular flexibility index (Phi) is 6.99. The van der Waals surface area contributed by atoms with E-state index in [1.807, 2.05) is 0 Å². The van der Waals surface area contributed by atoms with Crippen LogP contribution in [0.2, 0.25) is 0 Å². The fourth-order valence-electron chi connectivity index (χ4n) is 2.57. The Balaban J connectivity index is 2.83. The first-order valence-corrected chi connectivity index (χ1v) is 7.22. The molecule has 0 radical (unpaired) electrons. The van der Waals surface area contributed by atoms with Gasteiger partial charge in [0.2, 0.25) is 0 Å². The molecule has 0 fully saturated rings. The van der Waals surface area contributed by atoms with Gasteiger partial charge in [-0.25, -0.2) is 0 Å². The topological polar surface area (TPSA) is 15.3 Å². The van der Waals surface area contributed by atoms with Crippen molar-refractivity contribution in [1.82, 2.24) is 10.2 Å². The van der Waals surface area contributed by atoms with E-state index >= 15 is 0 Å².